The van der Waals surface area contributed by atoms with E-state index < -0.39 is 5.97 Å². The number of pyridine rings is 2. The molecule has 4 heterocycles. The summed E-state index contributed by atoms with van der Waals surface area (Å²) in [5.74, 6) is -0.744. The summed E-state index contributed by atoms with van der Waals surface area (Å²) in [6, 6.07) is 18.9. The highest BCUT2D eigenvalue weighted by Crippen LogP contribution is 2.23. The standard InChI is InChI=1S/C18H16FN3O2.C17H14FN3O2/c1-12-10-20-17(21-15-5-3-14(19)4-6-15)9-16(12)22-8-7-13(11-22)18(23)24-2;1-11-9-19-16(20-14-4-2-13(18)3-5-14)8-15(11)21-7-6-12(10-21)17(22)23/h3-11H,1-2H3,(H,20,21);2-10H,1H3,(H,19,20)(H,22,23). The van der Waals surface area contributed by atoms with Crippen molar-refractivity contribution in [2.75, 3.05) is 17.7 Å². The van der Waals surface area contributed by atoms with E-state index in [1.54, 1.807) is 72.1 Å². The predicted octanol–water partition coefficient (Wildman–Crippen LogP) is 7.61. The Morgan fingerprint density at radius 3 is 1.53 bits per heavy atom. The number of halogens is 2. The Labute approximate surface area is 268 Å². The van der Waals surface area contributed by atoms with Crippen LogP contribution in [0, 0.1) is 25.5 Å². The van der Waals surface area contributed by atoms with Gasteiger partial charge in [0.05, 0.1) is 29.6 Å². The van der Waals surface area contributed by atoms with Gasteiger partial charge in [0.2, 0.25) is 0 Å². The van der Waals surface area contributed by atoms with Gasteiger partial charge in [-0.3, -0.25) is 0 Å². The molecule has 47 heavy (non-hydrogen) atoms. The molecule has 6 rings (SSSR count). The first-order valence-corrected chi connectivity index (χ1v) is 14.3. The summed E-state index contributed by atoms with van der Waals surface area (Å²) in [5.41, 5.74) is 5.70. The minimum atomic E-state index is -0.972. The Hall–Kier alpha value is -6.30. The fourth-order valence-corrected chi connectivity index (χ4v) is 4.54. The minimum absolute atomic E-state index is 0.217. The van der Waals surface area contributed by atoms with Crippen LogP contribution in [0.25, 0.3) is 11.4 Å². The Balaban J connectivity index is 0.000000185. The number of nitrogens with zero attached hydrogens (tertiary/aromatic N) is 4. The SMILES string of the molecule is COC(=O)c1ccn(-c2cc(Nc3ccc(F)cc3)ncc2C)c1.Cc1cnc(Nc2ccc(F)cc2)cc1-n1ccc(C(=O)O)c1. The van der Waals surface area contributed by atoms with E-state index in [1.165, 1.54) is 37.4 Å². The van der Waals surface area contributed by atoms with Gasteiger partial charge < -0.3 is 29.6 Å². The van der Waals surface area contributed by atoms with Crippen LogP contribution in [-0.4, -0.2) is 43.3 Å². The summed E-state index contributed by atoms with van der Waals surface area (Å²) < 4.78 is 34.2. The molecule has 0 aliphatic carbocycles. The van der Waals surface area contributed by atoms with Crippen molar-refractivity contribution in [1.29, 1.82) is 0 Å². The van der Waals surface area contributed by atoms with Crippen molar-refractivity contribution in [1.82, 2.24) is 19.1 Å². The van der Waals surface area contributed by atoms with Gasteiger partial charge in [-0.1, -0.05) is 0 Å². The van der Waals surface area contributed by atoms with Crippen molar-refractivity contribution >= 4 is 34.9 Å². The molecular weight excluding hydrogens is 606 g/mol. The number of carbonyl (C=O) groups is 2. The number of anilines is 4. The van der Waals surface area contributed by atoms with Crippen molar-refractivity contribution in [2.45, 2.75) is 13.8 Å². The summed E-state index contributed by atoms with van der Waals surface area (Å²) in [6.45, 7) is 3.83. The van der Waals surface area contributed by atoms with E-state index in [4.69, 9.17) is 9.84 Å². The van der Waals surface area contributed by atoms with Gasteiger partial charge in [0.1, 0.15) is 23.3 Å². The highest BCUT2D eigenvalue weighted by Gasteiger charge is 2.11. The number of aryl methyl sites for hydroxylation is 2. The molecule has 0 aliphatic rings. The van der Waals surface area contributed by atoms with E-state index in [0.29, 0.717) is 22.9 Å². The quantitative estimate of drug-likeness (QED) is 0.146. The van der Waals surface area contributed by atoms with Crippen LogP contribution in [0.15, 0.2) is 110 Å². The number of nitrogens with one attached hydrogen (secondary N) is 2. The zero-order chi connectivity index (χ0) is 33.5. The van der Waals surface area contributed by atoms with Crippen molar-refractivity contribution in [3.8, 4) is 11.4 Å². The lowest BCUT2D eigenvalue weighted by Gasteiger charge is -2.11. The number of carbonyl (C=O) groups excluding carboxylic acids is 1. The molecule has 0 spiro atoms. The molecule has 0 amide bonds. The van der Waals surface area contributed by atoms with Crippen LogP contribution in [0.5, 0.6) is 0 Å². The number of esters is 1. The molecule has 0 saturated heterocycles. The van der Waals surface area contributed by atoms with E-state index in [1.807, 2.05) is 30.5 Å². The largest absolute Gasteiger partial charge is 0.478 e. The van der Waals surface area contributed by atoms with Gasteiger partial charge in [-0.05, 0) is 85.6 Å². The molecule has 3 N–H and O–H groups in total. The molecule has 0 fully saturated rings. The Morgan fingerprint density at radius 1 is 0.702 bits per heavy atom. The average molecular weight is 637 g/mol. The van der Waals surface area contributed by atoms with Gasteiger partial charge in [-0.25, -0.2) is 28.3 Å². The van der Waals surface area contributed by atoms with E-state index in [9.17, 15) is 18.4 Å². The number of aromatic nitrogens is 4. The topological polar surface area (TPSA) is 123 Å². The Bertz CT molecular complexity index is 2020. The van der Waals surface area contributed by atoms with Gasteiger partial charge in [0.25, 0.3) is 0 Å². The zero-order valence-electron chi connectivity index (χ0n) is 25.6. The first-order chi connectivity index (χ1) is 22.6. The maximum atomic E-state index is 13.0. The second-order valence-electron chi connectivity index (χ2n) is 10.4. The van der Waals surface area contributed by atoms with Crippen LogP contribution < -0.4 is 10.6 Å². The zero-order valence-corrected chi connectivity index (χ0v) is 25.6. The maximum absolute atomic E-state index is 13.0. The molecule has 12 heteroatoms. The van der Waals surface area contributed by atoms with Gasteiger partial charge in [-0.2, -0.15) is 0 Å². The number of carboxylic acid groups (broad SMARTS) is 1. The number of hydrogen-bond acceptors (Lipinski definition) is 7. The lowest BCUT2D eigenvalue weighted by molar-refractivity contribution is 0.0600. The number of ether oxygens (including phenoxy) is 1. The summed E-state index contributed by atoms with van der Waals surface area (Å²) >= 11 is 0. The van der Waals surface area contributed by atoms with Gasteiger partial charge in [-0.15, -0.1) is 0 Å². The maximum Gasteiger partial charge on any atom is 0.339 e. The first kappa shape index (κ1) is 32.1. The van der Waals surface area contributed by atoms with Crippen molar-refractivity contribution in [2.24, 2.45) is 0 Å². The molecule has 0 aliphatic heterocycles. The number of rotatable bonds is 8. The van der Waals surface area contributed by atoms with Crippen LogP contribution in [0.3, 0.4) is 0 Å². The smallest absolute Gasteiger partial charge is 0.339 e. The van der Waals surface area contributed by atoms with Crippen LogP contribution in [0.4, 0.5) is 31.8 Å². The third-order valence-electron chi connectivity index (χ3n) is 6.99. The van der Waals surface area contributed by atoms with Gasteiger partial charge >= 0.3 is 11.9 Å². The summed E-state index contributed by atoms with van der Waals surface area (Å²) in [5, 5.41) is 15.2. The number of aromatic carboxylic acids is 1. The van der Waals surface area contributed by atoms with Crippen LogP contribution in [-0.2, 0) is 4.74 Å². The molecule has 0 bridgehead atoms. The van der Waals surface area contributed by atoms with E-state index >= 15 is 0 Å². The molecule has 0 atom stereocenters. The first-order valence-electron chi connectivity index (χ1n) is 14.3. The normalized spacial score (nSPS) is 10.5. The second kappa shape index (κ2) is 14.2. The van der Waals surface area contributed by atoms with E-state index in [-0.39, 0.29) is 23.2 Å². The summed E-state index contributed by atoms with van der Waals surface area (Å²) in [6.07, 6.45) is 10.2. The van der Waals surface area contributed by atoms with Crippen LogP contribution in [0.2, 0.25) is 0 Å². The van der Waals surface area contributed by atoms with E-state index in [0.717, 1.165) is 28.2 Å². The monoisotopic (exact) mass is 636 g/mol. The number of benzene rings is 2. The van der Waals surface area contributed by atoms with Gasteiger partial charge in [0, 0.05) is 60.7 Å². The number of carboxylic acids is 1. The van der Waals surface area contributed by atoms with Crippen LogP contribution in [0.1, 0.15) is 31.8 Å². The fourth-order valence-electron chi connectivity index (χ4n) is 4.54. The Morgan fingerprint density at radius 2 is 1.13 bits per heavy atom. The summed E-state index contributed by atoms with van der Waals surface area (Å²) in [4.78, 5) is 31.2. The molecule has 6 aromatic rings. The van der Waals surface area contributed by atoms with Crippen molar-refractivity contribution in [3.63, 3.8) is 0 Å². The van der Waals surface area contributed by atoms with Crippen molar-refractivity contribution < 1.29 is 28.2 Å². The molecule has 0 unspecified atom stereocenters. The molecule has 2 aromatic carbocycles. The predicted molar refractivity (Wildman–Crippen MR) is 174 cm³/mol. The third-order valence-corrected chi connectivity index (χ3v) is 6.99. The minimum Gasteiger partial charge on any atom is -0.478 e. The van der Waals surface area contributed by atoms with E-state index in [2.05, 4.69) is 20.6 Å². The molecule has 4 aromatic heterocycles. The molecule has 10 nitrogen and oxygen atoms in total. The van der Waals surface area contributed by atoms with Gasteiger partial charge in [0.15, 0.2) is 0 Å². The van der Waals surface area contributed by atoms with Crippen LogP contribution >= 0.6 is 0 Å². The highest BCUT2D eigenvalue weighted by atomic mass is 19.1. The van der Waals surface area contributed by atoms with Crippen molar-refractivity contribution in [3.05, 3.63) is 144 Å². The second-order valence-corrected chi connectivity index (χ2v) is 10.4. The molecule has 0 radical (unpaired) electrons. The average Bonchev–Trinajstić information content (AvgIpc) is 3.76. The lowest BCUT2D eigenvalue weighted by Crippen LogP contribution is -2.01. The number of hydrogen-bond donors (Lipinski definition) is 3. The molecule has 0 saturated carbocycles. The fraction of sp³-hybridized carbons (Fsp3) is 0.0857. The highest BCUT2D eigenvalue weighted by molar-refractivity contribution is 5.89. The molecular formula is C35H30F2N6O4. The Kier molecular flexibility index (Phi) is 9.70. The molecule has 238 valence electrons. The summed E-state index contributed by atoms with van der Waals surface area (Å²) in [7, 11) is 1.35. The number of methoxy groups -OCH3 is 1. The lowest BCUT2D eigenvalue weighted by atomic mass is 10.2. The third kappa shape index (κ3) is 8.05.